The molecule has 1 aliphatic rings. The Balaban J connectivity index is 1.52. The summed E-state index contributed by atoms with van der Waals surface area (Å²) in [7, 11) is 1.46. The molecule has 1 heterocycles. The Bertz CT molecular complexity index is 993. The van der Waals surface area contributed by atoms with Gasteiger partial charge >= 0.3 is 19.4 Å². The summed E-state index contributed by atoms with van der Waals surface area (Å²) < 4.78 is 15.7. The highest BCUT2D eigenvalue weighted by molar-refractivity contribution is 6.32. The number of rotatable bonds is 9. The van der Waals surface area contributed by atoms with Crippen molar-refractivity contribution in [1.29, 1.82) is 0 Å². The fraction of sp³-hybridized carbons (Fsp3) is 0.304. The van der Waals surface area contributed by atoms with Gasteiger partial charge in [-0.3, -0.25) is 4.79 Å². The van der Waals surface area contributed by atoms with Gasteiger partial charge in [0.2, 0.25) is 12.7 Å². The highest BCUT2D eigenvalue weighted by Gasteiger charge is 2.28. The molecule has 0 aliphatic carbocycles. The summed E-state index contributed by atoms with van der Waals surface area (Å²) in [6, 6.07) is 13.4. The van der Waals surface area contributed by atoms with E-state index in [1.807, 2.05) is 0 Å². The van der Waals surface area contributed by atoms with Crippen molar-refractivity contribution in [2.75, 3.05) is 6.79 Å². The van der Waals surface area contributed by atoms with Gasteiger partial charge in [-0.25, -0.2) is 9.59 Å². The Morgan fingerprint density at radius 2 is 1.75 bits per heavy atom. The van der Waals surface area contributed by atoms with Gasteiger partial charge in [0.25, 0.3) is 0 Å². The van der Waals surface area contributed by atoms with Gasteiger partial charge in [-0.2, -0.15) is 0 Å². The first-order valence-corrected chi connectivity index (χ1v) is 10.2. The molecule has 0 saturated carbocycles. The van der Waals surface area contributed by atoms with Crippen LogP contribution in [-0.4, -0.2) is 43.8 Å². The minimum absolute atomic E-state index is 0.0496. The van der Waals surface area contributed by atoms with E-state index in [4.69, 9.17) is 14.1 Å². The number of benzene rings is 2. The molecular weight excluding hydrogens is 413 g/mol. The third-order valence-corrected chi connectivity index (χ3v) is 4.78. The smallest absolute Gasteiger partial charge is 0.394 e. The third kappa shape index (κ3) is 6.44. The first-order valence-electron chi connectivity index (χ1n) is 10.2. The van der Waals surface area contributed by atoms with Crippen molar-refractivity contribution in [2.45, 2.75) is 38.5 Å². The summed E-state index contributed by atoms with van der Waals surface area (Å²) in [5.41, 5.74) is 1.28. The maximum Gasteiger partial charge on any atom is 0.394 e. The van der Waals surface area contributed by atoms with E-state index in [0.29, 0.717) is 30.6 Å². The number of carbonyl (C=O) groups is 4. The quantitative estimate of drug-likeness (QED) is 0.365. The second-order valence-corrected chi connectivity index (χ2v) is 7.33. The molecule has 1 N–H and O–H groups in total. The predicted octanol–water partition coefficient (Wildman–Crippen LogP) is 2.41. The Morgan fingerprint density at radius 1 is 1.00 bits per heavy atom. The summed E-state index contributed by atoms with van der Waals surface area (Å²) in [6.07, 6.45) is 1.56. The van der Waals surface area contributed by atoms with Gasteiger partial charge in [-0.1, -0.05) is 30.3 Å². The average Bonchev–Trinajstić information content (AvgIpc) is 2.78. The standard InChI is InChI=1S/C23H23BNO7/c1-15(26)7-5-12-20(27)25-19-13-17-10-6-11-18(21(17)32-24-19)23(29)31-14-30-22(28)16-8-3-2-4-9-16/h2-4,6,8-11,19H,5,7,12-14H2,1H3,(H,25,27). The molecule has 0 saturated heterocycles. The molecule has 8 nitrogen and oxygen atoms in total. The number of nitrogens with one attached hydrogen (secondary N) is 1. The van der Waals surface area contributed by atoms with Crippen LogP contribution in [0.15, 0.2) is 48.5 Å². The maximum absolute atomic E-state index is 12.5. The average molecular weight is 436 g/mol. The molecule has 2 aromatic rings. The Hall–Kier alpha value is -3.62. The van der Waals surface area contributed by atoms with E-state index in [1.54, 1.807) is 48.5 Å². The van der Waals surface area contributed by atoms with Crippen molar-refractivity contribution in [3.63, 3.8) is 0 Å². The summed E-state index contributed by atoms with van der Waals surface area (Å²) in [5.74, 6) is -1.42. The van der Waals surface area contributed by atoms with Crippen LogP contribution in [0.5, 0.6) is 5.75 Å². The molecule has 1 aliphatic heterocycles. The van der Waals surface area contributed by atoms with Gasteiger partial charge in [-0.05, 0) is 43.5 Å². The van der Waals surface area contributed by atoms with Crippen LogP contribution < -0.4 is 9.97 Å². The highest BCUT2D eigenvalue weighted by Crippen LogP contribution is 2.29. The van der Waals surface area contributed by atoms with E-state index in [0.717, 1.165) is 5.56 Å². The SMILES string of the molecule is CC(=O)CCCC(=O)NC1[B]Oc2c(cccc2C(=O)OCOC(=O)c2ccccc2)C1. The molecule has 0 bridgehead atoms. The van der Waals surface area contributed by atoms with E-state index in [2.05, 4.69) is 5.32 Å². The number of amides is 1. The first-order chi connectivity index (χ1) is 15.4. The fourth-order valence-corrected chi connectivity index (χ4v) is 3.21. The van der Waals surface area contributed by atoms with Crippen LogP contribution in [0.2, 0.25) is 0 Å². The van der Waals surface area contributed by atoms with Crippen molar-refractivity contribution in [3.05, 3.63) is 65.2 Å². The van der Waals surface area contributed by atoms with Crippen LogP contribution in [0.25, 0.3) is 0 Å². The topological polar surface area (TPSA) is 108 Å². The summed E-state index contributed by atoms with van der Waals surface area (Å²) in [6.45, 7) is 0.965. The van der Waals surface area contributed by atoms with E-state index >= 15 is 0 Å². The summed E-state index contributed by atoms with van der Waals surface area (Å²) >= 11 is 0. The first kappa shape index (κ1) is 23.1. The van der Waals surface area contributed by atoms with E-state index in [9.17, 15) is 19.2 Å². The van der Waals surface area contributed by atoms with E-state index in [1.165, 1.54) is 14.4 Å². The van der Waals surface area contributed by atoms with Crippen molar-refractivity contribution in [2.24, 2.45) is 0 Å². The number of esters is 2. The molecule has 2 aromatic carbocycles. The zero-order valence-electron chi connectivity index (χ0n) is 17.7. The molecule has 0 fully saturated rings. The second kappa shape index (κ2) is 11.1. The number of carbonyl (C=O) groups excluding carboxylic acids is 4. The van der Waals surface area contributed by atoms with E-state index in [-0.39, 0.29) is 29.6 Å². The molecule has 9 heteroatoms. The molecule has 32 heavy (non-hydrogen) atoms. The van der Waals surface area contributed by atoms with E-state index < -0.39 is 18.7 Å². The normalized spacial score (nSPS) is 14.2. The van der Waals surface area contributed by atoms with Crippen LogP contribution >= 0.6 is 0 Å². The lowest BCUT2D eigenvalue weighted by atomic mass is 9.79. The Kier molecular flexibility index (Phi) is 8.02. The van der Waals surface area contributed by atoms with Crippen LogP contribution in [-0.2, 0) is 25.5 Å². The van der Waals surface area contributed by atoms with Crippen molar-refractivity contribution >= 4 is 31.1 Å². The Morgan fingerprint density at radius 3 is 2.50 bits per heavy atom. The van der Waals surface area contributed by atoms with Crippen LogP contribution in [0.3, 0.4) is 0 Å². The number of para-hydroxylation sites is 1. The fourth-order valence-electron chi connectivity index (χ4n) is 3.21. The van der Waals surface area contributed by atoms with Crippen LogP contribution in [0.1, 0.15) is 52.5 Å². The summed E-state index contributed by atoms with van der Waals surface area (Å²) in [4.78, 5) is 47.4. The molecule has 165 valence electrons. The molecule has 1 radical (unpaired) electrons. The monoisotopic (exact) mass is 436 g/mol. The van der Waals surface area contributed by atoms with Crippen molar-refractivity contribution < 1.29 is 33.3 Å². The zero-order valence-corrected chi connectivity index (χ0v) is 17.7. The molecular formula is C23H23BNO7. The van der Waals surface area contributed by atoms with Gasteiger partial charge < -0.3 is 24.2 Å². The highest BCUT2D eigenvalue weighted by atomic mass is 16.7. The Labute approximate surface area is 186 Å². The minimum atomic E-state index is -0.692. The number of Topliss-reactive ketones (excluding diaryl/α,β-unsaturated/α-hetero) is 1. The maximum atomic E-state index is 12.5. The second-order valence-electron chi connectivity index (χ2n) is 7.33. The van der Waals surface area contributed by atoms with Gasteiger partial charge in [0.15, 0.2) is 0 Å². The zero-order chi connectivity index (χ0) is 22.9. The van der Waals surface area contributed by atoms with Gasteiger partial charge in [0, 0.05) is 18.8 Å². The largest absolute Gasteiger partial charge is 0.560 e. The molecule has 0 aromatic heterocycles. The van der Waals surface area contributed by atoms with Gasteiger partial charge in [0.05, 0.1) is 5.56 Å². The lowest BCUT2D eigenvalue weighted by molar-refractivity contribution is -0.121. The molecule has 0 spiro atoms. The van der Waals surface area contributed by atoms with Crippen LogP contribution in [0.4, 0.5) is 0 Å². The predicted molar refractivity (Wildman–Crippen MR) is 115 cm³/mol. The number of ketones is 1. The molecule has 1 atom stereocenters. The molecule has 1 amide bonds. The molecule has 1 unspecified atom stereocenters. The lowest BCUT2D eigenvalue weighted by Gasteiger charge is -2.26. The van der Waals surface area contributed by atoms with Crippen LogP contribution in [0, 0.1) is 0 Å². The lowest BCUT2D eigenvalue weighted by Crippen LogP contribution is -2.45. The number of ether oxygens (including phenoxy) is 2. The van der Waals surface area contributed by atoms with Crippen molar-refractivity contribution in [3.8, 4) is 5.75 Å². The number of fused-ring (bicyclic) bond motifs is 1. The van der Waals surface area contributed by atoms with Gasteiger partial charge in [0.1, 0.15) is 17.1 Å². The van der Waals surface area contributed by atoms with Crippen molar-refractivity contribution in [1.82, 2.24) is 5.32 Å². The number of hydrogen-bond donors (Lipinski definition) is 1. The minimum Gasteiger partial charge on any atom is -0.560 e. The number of hydrogen-bond acceptors (Lipinski definition) is 7. The summed E-state index contributed by atoms with van der Waals surface area (Å²) in [5, 5.41) is 2.84. The molecule has 3 rings (SSSR count). The van der Waals surface area contributed by atoms with Gasteiger partial charge in [-0.15, -0.1) is 0 Å². The third-order valence-electron chi connectivity index (χ3n) is 4.78.